The summed E-state index contributed by atoms with van der Waals surface area (Å²) >= 11 is 0. The van der Waals surface area contributed by atoms with E-state index in [9.17, 15) is 8.42 Å². The Balaban J connectivity index is 1.85. The average molecular weight is 292 g/mol. The van der Waals surface area contributed by atoms with Gasteiger partial charge in [0.25, 0.3) is 0 Å². The van der Waals surface area contributed by atoms with Gasteiger partial charge in [-0.25, -0.2) is 8.37 Å². The zero-order valence-corrected chi connectivity index (χ0v) is 11.2. The van der Waals surface area contributed by atoms with Gasteiger partial charge in [0.2, 0.25) is 6.29 Å². The van der Waals surface area contributed by atoms with Crippen LogP contribution in [0, 0.1) is 0 Å². The quantitative estimate of drug-likeness (QED) is 0.866. The summed E-state index contributed by atoms with van der Waals surface area (Å²) in [6.45, 7) is 0. The van der Waals surface area contributed by atoms with E-state index in [0.29, 0.717) is 5.75 Å². The number of rotatable bonds is 4. The fourth-order valence-electron chi connectivity index (χ4n) is 1.91. The minimum Gasteiger partial charge on any atom is -0.480 e. The lowest BCUT2D eigenvalue weighted by Gasteiger charge is -2.32. The van der Waals surface area contributed by atoms with Crippen molar-refractivity contribution in [2.24, 2.45) is 0 Å². The predicted molar refractivity (Wildman–Crippen MR) is 71.1 cm³/mol. The summed E-state index contributed by atoms with van der Waals surface area (Å²) in [5.41, 5.74) is 0.774. The van der Waals surface area contributed by atoms with E-state index in [2.05, 4.69) is 0 Å². The summed E-state index contributed by atoms with van der Waals surface area (Å²) < 4.78 is 37.2. The molecule has 20 heavy (non-hydrogen) atoms. The van der Waals surface area contributed by atoms with E-state index < -0.39 is 22.8 Å². The minimum atomic E-state index is -3.86. The van der Waals surface area contributed by atoms with Gasteiger partial charge in [0.15, 0.2) is 6.10 Å². The molecule has 0 N–H and O–H groups in total. The highest BCUT2D eigenvalue weighted by Crippen LogP contribution is 2.34. The molecule has 2 aromatic carbocycles. The van der Waals surface area contributed by atoms with Gasteiger partial charge in [0.1, 0.15) is 5.75 Å². The smallest absolute Gasteiger partial charge is 0.405 e. The lowest BCUT2D eigenvalue weighted by atomic mass is 10.1. The normalized spacial score (nSPS) is 19.0. The molecule has 6 heteroatoms. The first-order valence-electron chi connectivity index (χ1n) is 6.02. The van der Waals surface area contributed by atoms with E-state index in [0.717, 1.165) is 5.56 Å². The molecule has 0 aliphatic carbocycles. The van der Waals surface area contributed by atoms with Crippen molar-refractivity contribution in [1.29, 1.82) is 0 Å². The van der Waals surface area contributed by atoms with Crippen molar-refractivity contribution >= 4 is 10.4 Å². The Morgan fingerprint density at radius 3 is 2.00 bits per heavy atom. The second kappa shape index (κ2) is 5.24. The molecule has 1 unspecified atom stereocenters. The molecule has 1 fully saturated rings. The fourth-order valence-corrected chi connectivity index (χ4v) is 2.59. The van der Waals surface area contributed by atoms with Crippen LogP contribution in [0.3, 0.4) is 0 Å². The van der Waals surface area contributed by atoms with Crippen molar-refractivity contribution in [1.82, 2.24) is 0 Å². The Morgan fingerprint density at radius 1 is 0.900 bits per heavy atom. The van der Waals surface area contributed by atoms with E-state index in [1.165, 1.54) is 0 Å². The van der Waals surface area contributed by atoms with Gasteiger partial charge < -0.3 is 4.74 Å². The minimum absolute atomic E-state index is 0.609. The third kappa shape index (κ3) is 2.82. The first-order valence-corrected chi connectivity index (χ1v) is 7.35. The van der Waals surface area contributed by atoms with Crippen molar-refractivity contribution in [3.63, 3.8) is 0 Å². The molecule has 0 spiro atoms. The molecule has 0 amide bonds. The molecule has 2 aromatic rings. The number of benzene rings is 2. The van der Waals surface area contributed by atoms with Crippen LogP contribution < -0.4 is 4.74 Å². The lowest BCUT2D eigenvalue weighted by molar-refractivity contribution is -0.140. The van der Waals surface area contributed by atoms with Crippen molar-refractivity contribution in [3.05, 3.63) is 66.2 Å². The number of hydrogen-bond donors (Lipinski definition) is 0. The predicted octanol–water partition coefficient (Wildman–Crippen LogP) is 2.42. The monoisotopic (exact) mass is 292 g/mol. The molecule has 0 saturated carbocycles. The van der Waals surface area contributed by atoms with Crippen LogP contribution in [0.15, 0.2) is 60.7 Å². The summed E-state index contributed by atoms with van der Waals surface area (Å²) in [6.07, 6.45) is -1.62. The van der Waals surface area contributed by atoms with Crippen LogP contribution in [0.2, 0.25) is 0 Å². The third-order valence-electron chi connectivity index (χ3n) is 2.81. The molecule has 0 aromatic heterocycles. The van der Waals surface area contributed by atoms with Gasteiger partial charge in [-0.15, -0.1) is 0 Å². The summed E-state index contributed by atoms with van der Waals surface area (Å²) in [7, 11) is -3.86. The van der Waals surface area contributed by atoms with Crippen LogP contribution in [0.4, 0.5) is 0 Å². The average Bonchev–Trinajstić information content (AvgIpc) is 2.44. The molecular formula is C14H12O5S. The fraction of sp³-hybridized carbons (Fsp3) is 0.143. The van der Waals surface area contributed by atoms with E-state index >= 15 is 0 Å². The van der Waals surface area contributed by atoms with Crippen LogP contribution >= 0.6 is 0 Å². The number of ether oxygens (including phenoxy) is 1. The van der Waals surface area contributed by atoms with Gasteiger partial charge in [-0.05, 0) is 17.7 Å². The Kier molecular flexibility index (Phi) is 3.43. The highest BCUT2D eigenvalue weighted by atomic mass is 32.3. The molecule has 104 valence electrons. The summed E-state index contributed by atoms with van der Waals surface area (Å²) in [4.78, 5) is 0. The van der Waals surface area contributed by atoms with Gasteiger partial charge in [-0.1, -0.05) is 48.5 Å². The summed E-state index contributed by atoms with van der Waals surface area (Å²) in [5.74, 6) is 0.609. The second-order valence-corrected chi connectivity index (χ2v) is 5.43. The Labute approximate surface area is 117 Å². The third-order valence-corrected chi connectivity index (χ3v) is 3.66. The van der Waals surface area contributed by atoms with Gasteiger partial charge in [-0.2, -0.15) is 8.42 Å². The van der Waals surface area contributed by atoms with Crippen LogP contribution in [0.25, 0.3) is 0 Å². The first-order chi connectivity index (χ1) is 9.64. The molecule has 5 nitrogen and oxygen atoms in total. The Bertz CT molecular complexity index is 657. The SMILES string of the molecule is O=S1(=O)OC(C(Oc2ccccc2)c2ccccc2)O1. The largest absolute Gasteiger partial charge is 0.480 e. The van der Waals surface area contributed by atoms with Gasteiger partial charge in [-0.3, -0.25) is 0 Å². The van der Waals surface area contributed by atoms with E-state index in [4.69, 9.17) is 13.1 Å². The van der Waals surface area contributed by atoms with Gasteiger partial charge in [0, 0.05) is 0 Å². The zero-order chi connectivity index (χ0) is 14.0. The second-order valence-electron chi connectivity index (χ2n) is 4.23. The van der Waals surface area contributed by atoms with Crippen molar-refractivity contribution in [2.75, 3.05) is 0 Å². The zero-order valence-electron chi connectivity index (χ0n) is 10.4. The van der Waals surface area contributed by atoms with Crippen LogP contribution in [0.5, 0.6) is 5.75 Å². The molecule has 1 aliphatic rings. The molecule has 3 rings (SSSR count). The number of para-hydroxylation sites is 1. The maximum atomic E-state index is 11.0. The standard InChI is InChI=1S/C14H12O5S/c15-20(16)18-14(19-20)13(11-7-3-1-4-8-11)17-12-9-5-2-6-10-12/h1-10,13-14H. The molecule has 0 radical (unpaired) electrons. The van der Waals surface area contributed by atoms with Crippen molar-refractivity contribution in [3.8, 4) is 5.75 Å². The molecule has 0 bridgehead atoms. The Morgan fingerprint density at radius 2 is 1.45 bits per heavy atom. The lowest BCUT2D eigenvalue weighted by Crippen LogP contribution is -2.42. The van der Waals surface area contributed by atoms with E-state index in [1.807, 2.05) is 48.5 Å². The van der Waals surface area contributed by atoms with E-state index in [-0.39, 0.29) is 0 Å². The summed E-state index contributed by atoms with van der Waals surface area (Å²) in [6, 6.07) is 18.3. The van der Waals surface area contributed by atoms with Crippen molar-refractivity contribution in [2.45, 2.75) is 12.4 Å². The Hall–Kier alpha value is -1.89. The van der Waals surface area contributed by atoms with Crippen LogP contribution in [-0.4, -0.2) is 14.7 Å². The van der Waals surface area contributed by atoms with Crippen molar-refractivity contribution < 1.29 is 21.5 Å². The topological polar surface area (TPSA) is 61.8 Å². The van der Waals surface area contributed by atoms with Crippen LogP contribution in [-0.2, 0) is 18.8 Å². The summed E-state index contributed by atoms with van der Waals surface area (Å²) in [5, 5.41) is 0. The molecule has 1 aliphatic heterocycles. The molecule has 1 heterocycles. The van der Waals surface area contributed by atoms with E-state index in [1.54, 1.807) is 12.1 Å². The van der Waals surface area contributed by atoms with Crippen LogP contribution in [0.1, 0.15) is 11.7 Å². The maximum absolute atomic E-state index is 11.0. The first kappa shape index (κ1) is 13.1. The molecule has 1 saturated heterocycles. The van der Waals surface area contributed by atoms with Gasteiger partial charge >= 0.3 is 10.4 Å². The molecular weight excluding hydrogens is 280 g/mol. The highest BCUT2D eigenvalue weighted by Gasteiger charge is 2.44. The number of hydrogen-bond acceptors (Lipinski definition) is 5. The van der Waals surface area contributed by atoms with Gasteiger partial charge in [0.05, 0.1) is 0 Å². The molecule has 1 atom stereocenters. The maximum Gasteiger partial charge on any atom is 0.405 e. The highest BCUT2D eigenvalue weighted by molar-refractivity contribution is 7.82.